The average Bonchev–Trinajstić information content (AvgIpc) is 2.91. The van der Waals surface area contributed by atoms with Crippen LogP contribution in [-0.2, 0) is 6.54 Å². The second-order valence-corrected chi connectivity index (χ2v) is 6.78. The minimum atomic E-state index is -0.114. The summed E-state index contributed by atoms with van der Waals surface area (Å²) >= 11 is 0. The molecule has 1 fully saturated rings. The van der Waals surface area contributed by atoms with Gasteiger partial charge in [-0.25, -0.2) is 0 Å². The molecule has 1 saturated carbocycles. The highest BCUT2D eigenvalue weighted by Crippen LogP contribution is 2.20. The fourth-order valence-electron chi connectivity index (χ4n) is 3.28. The van der Waals surface area contributed by atoms with Crippen LogP contribution in [0.15, 0.2) is 42.5 Å². The maximum absolute atomic E-state index is 12.5. The van der Waals surface area contributed by atoms with Crippen molar-refractivity contribution in [2.24, 2.45) is 0 Å². The molecule has 0 bridgehead atoms. The molecule has 1 aliphatic rings. The van der Waals surface area contributed by atoms with Crippen LogP contribution in [0, 0.1) is 0 Å². The molecule has 0 aliphatic heterocycles. The minimum Gasteiger partial charge on any atom is -0.366 e. The summed E-state index contributed by atoms with van der Waals surface area (Å²) in [5, 5.41) is 11.8. The summed E-state index contributed by atoms with van der Waals surface area (Å²) in [7, 11) is 1.79. The van der Waals surface area contributed by atoms with Gasteiger partial charge in [0, 0.05) is 19.6 Å². The highest BCUT2D eigenvalue weighted by Gasteiger charge is 2.16. The lowest BCUT2D eigenvalue weighted by Gasteiger charge is -2.18. The second-order valence-electron chi connectivity index (χ2n) is 6.78. The third-order valence-corrected chi connectivity index (χ3v) is 4.70. The number of carbonyl (C=O) groups is 1. The standard InChI is InChI=1S/C20H26N4O/c1-24(15-16-9-5-4-6-10-16)20(25)18-13-14-19(23-22-18)21-17-11-7-2-3-8-12-17/h4-6,9-10,13-14,17H,2-3,7-8,11-12,15H2,1H3,(H,21,23). The monoisotopic (exact) mass is 338 g/mol. The maximum Gasteiger partial charge on any atom is 0.274 e. The number of benzene rings is 1. The second kappa shape index (κ2) is 8.60. The Hall–Kier alpha value is -2.43. The highest BCUT2D eigenvalue weighted by atomic mass is 16.2. The Balaban J connectivity index is 1.58. The van der Waals surface area contributed by atoms with Crippen molar-refractivity contribution in [2.75, 3.05) is 12.4 Å². The van der Waals surface area contributed by atoms with Crippen LogP contribution in [0.1, 0.15) is 54.6 Å². The first-order valence-corrected chi connectivity index (χ1v) is 9.12. The van der Waals surface area contributed by atoms with Crippen LogP contribution in [0.4, 0.5) is 5.82 Å². The Labute approximate surface area is 149 Å². The van der Waals surface area contributed by atoms with Crippen LogP contribution in [0.3, 0.4) is 0 Å². The Kier molecular flexibility index (Phi) is 5.99. The molecule has 2 aromatic rings. The third kappa shape index (κ3) is 5.02. The van der Waals surface area contributed by atoms with E-state index in [0.29, 0.717) is 18.3 Å². The van der Waals surface area contributed by atoms with E-state index in [-0.39, 0.29) is 5.91 Å². The fraction of sp³-hybridized carbons (Fsp3) is 0.450. The van der Waals surface area contributed by atoms with Crippen LogP contribution in [0.25, 0.3) is 0 Å². The molecular weight excluding hydrogens is 312 g/mol. The van der Waals surface area contributed by atoms with Crippen molar-refractivity contribution < 1.29 is 4.79 Å². The summed E-state index contributed by atoms with van der Waals surface area (Å²) in [6.07, 6.45) is 7.55. The number of nitrogens with zero attached hydrogens (tertiary/aromatic N) is 3. The predicted molar refractivity (Wildman–Crippen MR) is 99.4 cm³/mol. The predicted octanol–water partition coefficient (Wildman–Crippen LogP) is 3.88. The van der Waals surface area contributed by atoms with Gasteiger partial charge in [0.1, 0.15) is 5.82 Å². The van der Waals surface area contributed by atoms with Crippen molar-refractivity contribution in [3.8, 4) is 0 Å². The van der Waals surface area contributed by atoms with Gasteiger partial charge in [0.25, 0.3) is 5.91 Å². The first kappa shape index (κ1) is 17.4. The van der Waals surface area contributed by atoms with E-state index in [9.17, 15) is 4.79 Å². The lowest BCUT2D eigenvalue weighted by Crippen LogP contribution is -2.27. The minimum absolute atomic E-state index is 0.114. The number of amides is 1. The van der Waals surface area contributed by atoms with Gasteiger partial charge in [-0.2, -0.15) is 0 Å². The SMILES string of the molecule is CN(Cc1ccccc1)C(=O)c1ccc(NC2CCCCCC2)nn1. The molecule has 5 nitrogen and oxygen atoms in total. The summed E-state index contributed by atoms with van der Waals surface area (Å²) in [5.74, 6) is 0.645. The van der Waals surface area contributed by atoms with Gasteiger partial charge >= 0.3 is 0 Å². The van der Waals surface area contributed by atoms with Crippen molar-refractivity contribution in [3.63, 3.8) is 0 Å². The summed E-state index contributed by atoms with van der Waals surface area (Å²) in [4.78, 5) is 14.2. The van der Waals surface area contributed by atoms with E-state index in [2.05, 4.69) is 15.5 Å². The topological polar surface area (TPSA) is 58.1 Å². The molecule has 0 spiro atoms. The van der Waals surface area contributed by atoms with Crippen molar-refractivity contribution in [1.82, 2.24) is 15.1 Å². The Morgan fingerprint density at radius 3 is 2.40 bits per heavy atom. The zero-order valence-corrected chi connectivity index (χ0v) is 14.8. The van der Waals surface area contributed by atoms with Crippen LogP contribution >= 0.6 is 0 Å². The maximum atomic E-state index is 12.5. The van der Waals surface area contributed by atoms with Crippen LogP contribution in [-0.4, -0.2) is 34.1 Å². The fourth-order valence-corrected chi connectivity index (χ4v) is 3.28. The van der Waals surface area contributed by atoms with Crippen LogP contribution in [0.5, 0.6) is 0 Å². The lowest BCUT2D eigenvalue weighted by atomic mass is 10.1. The average molecular weight is 338 g/mol. The highest BCUT2D eigenvalue weighted by molar-refractivity contribution is 5.92. The van der Waals surface area contributed by atoms with Gasteiger partial charge in [0.2, 0.25) is 0 Å². The van der Waals surface area contributed by atoms with E-state index in [1.54, 1.807) is 18.0 Å². The van der Waals surface area contributed by atoms with Gasteiger partial charge in [-0.05, 0) is 30.5 Å². The Bertz CT molecular complexity index is 664. The van der Waals surface area contributed by atoms with Crippen LogP contribution < -0.4 is 5.32 Å². The van der Waals surface area contributed by atoms with E-state index in [1.165, 1.54) is 38.5 Å². The molecule has 0 saturated heterocycles. The van der Waals surface area contributed by atoms with E-state index in [1.807, 2.05) is 36.4 Å². The van der Waals surface area contributed by atoms with Crippen molar-refractivity contribution >= 4 is 11.7 Å². The van der Waals surface area contributed by atoms with Crippen molar-refractivity contribution in [3.05, 3.63) is 53.7 Å². The van der Waals surface area contributed by atoms with Gasteiger partial charge in [-0.15, -0.1) is 10.2 Å². The number of nitrogens with one attached hydrogen (secondary N) is 1. The smallest absolute Gasteiger partial charge is 0.274 e. The number of hydrogen-bond donors (Lipinski definition) is 1. The molecule has 5 heteroatoms. The zero-order chi connectivity index (χ0) is 17.5. The Morgan fingerprint density at radius 1 is 1.04 bits per heavy atom. The molecule has 3 rings (SSSR count). The summed E-state index contributed by atoms with van der Waals surface area (Å²) < 4.78 is 0. The van der Waals surface area contributed by atoms with Gasteiger partial charge in [0.05, 0.1) is 0 Å². The lowest BCUT2D eigenvalue weighted by molar-refractivity contribution is 0.0778. The summed E-state index contributed by atoms with van der Waals surface area (Å²) in [5.41, 5.74) is 1.47. The third-order valence-electron chi connectivity index (χ3n) is 4.70. The van der Waals surface area contributed by atoms with E-state index >= 15 is 0 Å². The normalized spacial score (nSPS) is 15.4. The molecule has 1 N–H and O–H groups in total. The van der Waals surface area contributed by atoms with E-state index < -0.39 is 0 Å². The molecule has 1 amide bonds. The Morgan fingerprint density at radius 2 is 1.76 bits per heavy atom. The quantitative estimate of drug-likeness (QED) is 0.841. The number of aromatic nitrogens is 2. The molecule has 0 atom stereocenters. The molecule has 0 radical (unpaired) electrons. The van der Waals surface area contributed by atoms with Gasteiger partial charge in [0.15, 0.2) is 5.69 Å². The zero-order valence-electron chi connectivity index (χ0n) is 14.8. The molecule has 1 aromatic carbocycles. The summed E-state index contributed by atoms with van der Waals surface area (Å²) in [6.45, 7) is 0.559. The molecule has 0 unspecified atom stereocenters. The first-order chi connectivity index (χ1) is 12.2. The van der Waals surface area contributed by atoms with Gasteiger partial charge < -0.3 is 10.2 Å². The van der Waals surface area contributed by atoms with Crippen molar-refractivity contribution in [1.29, 1.82) is 0 Å². The van der Waals surface area contributed by atoms with Crippen molar-refractivity contribution in [2.45, 2.75) is 51.1 Å². The number of anilines is 1. The number of hydrogen-bond acceptors (Lipinski definition) is 4. The molecule has 1 aliphatic carbocycles. The van der Waals surface area contributed by atoms with Gasteiger partial charge in [-0.3, -0.25) is 4.79 Å². The number of carbonyl (C=O) groups excluding carboxylic acids is 1. The van der Waals surface area contributed by atoms with E-state index in [4.69, 9.17) is 0 Å². The largest absolute Gasteiger partial charge is 0.366 e. The van der Waals surface area contributed by atoms with E-state index in [0.717, 1.165) is 11.4 Å². The number of rotatable bonds is 5. The molecule has 1 heterocycles. The van der Waals surface area contributed by atoms with Crippen LogP contribution in [0.2, 0.25) is 0 Å². The summed E-state index contributed by atoms with van der Waals surface area (Å²) in [6, 6.07) is 14.0. The van der Waals surface area contributed by atoms with Gasteiger partial charge in [-0.1, -0.05) is 56.0 Å². The first-order valence-electron chi connectivity index (χ1n) is 9.12. The molecule has 25 heavy (non-hydrogen) atoms. The molecular formula is C20H26N4O. The molecule has 1 aromatic heterocycles. The molecule has 132 valence electrons.